The highest BCUT2D eigenvalue weighted by Gasteiger charge is 2.18. The van der Waals surface area contributed by atoms with E-state index in [9.17, 15) is 9.59 Å². The zero-order valence-corrected chi connectivity index (χ0v) is 12.6. The molecule has 1 heterocycles. The molecule has 0 radical (unpaired) electrons. The van der Waals surface area contributed by atoms with Crippen LogP contribution >= 0.6 is 11.3 Å². The molecule has 0 aromatic carbocycles. The first-order valence-corrected chi connectivity index (χ1v) is 8.01. The van der Waals surface area contributed by atoms with Crippen molar-refractivity contribution in [3.8, 4) is 0 Å². The minimum absolute atomic E-state index is 0.00934. The van der Waals surface area contributed by atoms with Gasteiger partial charge in [0.25, 0.3) is 0 Å². The smallest absolute Gasteiger partial charge is 0.346 e. The van der Waals surface area contributed by atoms with Gasteiger partial charge in [0.15, 0.2) is 0 Å². The van der Waals surface area contributed by atoms with E-state index in [1.54, 1.807) is 13.0 Å². The number of amides is 1. The minimum Gasteiger partial charge on any atom is -0.477 e. The van der Waals surface area contributed by atoms with E-state index in [-0.39, 0.29) is 5.91 Å². The van der Waals surface area contributed by atoms with Crippen molar-refractivity contribution in [2.75, 3.05) is 5.32 Å². The van der Waals surface area contributed by atoms with Crippen LogP contribution in [0.2, 0.25) is 0 Å². The summed E-state index contributed by atoms with van der Waals surface area (Å²) in [6.07, 6.45) is 7.83. The summed E-state index contributed by atoms with van der Waals surface area (Å²) in [6, 6.07) is 1.74. The lowest BCUT2D eigenvalue weighted by Gasteiger charge is -2.12. The number of hydrogen-bond donors (Lipinski definition) is 2. The highest BCUT2D eigenvalue weighted by atomic mass is 32.1. The number of hydrogen-bond acceptors (Lipinski definition) is 3. The monoisotopic (exact) mass is 295 g/mol. The number of carboxylic acid groups (broad SMARTS) is 1. The van der Waals surface area contributed by atoms with E-state index < -0.39 is 5.97 Å². The highest BCUT2D eigenvalue weighted by Crippen LogP contribution is 2.29. The topological polar surface area (TPSA) is 66.4 Å². The van der Waals surface area contributed by atoms with Gasteiger partial charge in [-0.05, 0) is 37.3 Å². The molecule has 110 valence electrons. The van der Waals surface area contributed by atoms with Gasteiger partial charge in [0.05, 0.1) is 5.00 Å². The summed E-state index contributed by atoms with van der Waals surface area (Å²) < 4.78 is 0. The summed E-state index contributed by atoms with van der Waals surface area (Å²) in [5.74, 6) is -0.440. The second kappa shape index (κ2) is 6.88. The molecule has 1 amide bonds. The van der Waals surface area contributed by atoms with Crippen molar-refractivity contribution in [3.05, 3.63) is 16.5 Å². The van der Waals surface area contributed by atoms with Crippen molar-refractivity contribution in [1.82, 2.24) is 0 Å². The fourth-order valence-corrected chi connectivity index (χ4v) is 3.70. The summed E-state index contributed by atoms with van der Waals surface area (Å²) in [4.78, 5) is 23.3. The number of nitrogens with one attached hydrogen (secondary N) is 1. The zero-order chi connectivity index (χ0) is 14.5. The molecule has 1 aromatic rings. The average Bonchev–Trinajstić information content (AvgIpc) is 2.59. The summed E-state index contributed by atoms with van der Waals surface area (Å²) in [6.45, 7) is 1.75. The van der Waals surface area contributed by atoms with Gasteiger partial charge >= 0.3 is 5.97 Å². The molecule has 2 rings (SSSR count). The third-order valence-corrected chi connectivity index (χ3v) is 4.96. The van der Waals surface area contributed by atoms with Gasteiger partial charge < -0.3 is 10.4 Å². The van der Waals surface area contributed by atoms with E-state index in [0.29, 0.717) is 27.8 Å². The number of carbonyl (C=O) groups is 2. The molecule has 0 bridgehead atoms. The fraction of sp³-hybridized carbons (Fsp3) is 0.600. The largest absolute Gasteiger partial charge is 0.477 e. The van der Waals surface area contributed by atoms with E-state index in [1.807, 2.05) is 0 Å². The Morgan fingerprint density at radius 2 is 1.95 bits per heavy atom. The minimum atomic E-state index is -0.934. The Labute approximate surface area is 123 Å². The number of carboxylic acids is 1. The van der Waals surface area contributed by atoms with Crippen LogP contribution in [0.1, 0.15) is 60.2 Å². The molecule has 1 fully saturated rings. The number of aryl methyl sites for hydroxylation is 1. The Bertz CT molecular complexity index is 487. The summed E-state index contributed by atoms with van der Waals surface area (Å²) in [5.41, 5.74) is 0.701. The number of thiophene rings is 1. The maximum Gasteiger partial charge on any atom is 0.346 e. The third kappa shape index (κ3) is 4.07. The standard InChI is InChI=1S/C15H21NO3S/c1-10-8-13(20-14(10)15(18)19)16-12(17)9-11-6-4-2-3-5-7-11/h8,11H,2-7,9H2,1H3,(H,16,17)(H,18,19). The summed E-state index contributed by atoms with van der Waals surface area (Å²) in [7, 11) is 0. The van der Waals surface area contributed by atoms with Crippen LogP contribution in [0.5, 0.6) is 0 Å². The number of aromatic carboxylic acids is 1. The molecule has 1 aliphatic carbocycles. The molecule has 0 saturated heterocycles. The Kier molecular flexibility index (Phi) is 5.17. The molecule has 0 aliphatic heterocycles. The van der Waals surface area contributed by atoms with E-state index in [2.05, 4.69) is 5.32 Å². The SMILES string of the molecule is Cc1cc(NC(=O)CC2CCCCCC2)sc1C(=O)O. The molecule has 1 saturated carbocycles. The molecule has 5 heteroatoms. The molecule has 1 aromatic heterocycles. The van der Waals surface area contributed by atoms with Gasteiger partial charge in [-0.15, -0.1) is 11.3 Å². The van der Waals surface area contributed by atoms with Crippen LogP contribution in [0, 0.1) is 12.8 Å². The maximum absolute atomic E-state index is 12.0. The first-order valence-electron chi connectivity index (χ1n) is 7.20. The molecule has 1 aliphatic rings. The van der Waals surface area contributed by atoms with Gasteiger partial charge in [0, 0.05) is 6.42 Å². The average molecular weight is 295 g/mol. The van der Waals surface area contributed by atoms with Crippen molar-refractivity contribution < 1.29 is 14.7 Å². The normalized spacial score (nSPS) is 16.6. The molecule has 0 atom stereocenters. The van der Waals surface area contributed by atoms with Gasteiger partial charge in [-0.1, -0.05) is 25.7 Å². The molecule has 0 spiro atoms. The van der Waals surface area contributed by atoms with Gasteiger partial charge in [0.2, 0.25) is 5.91 Å². The van der Waals surface area contributed by atoms with Crippen molar-refractivity contribution in [2.24, 2.45) is 5.92 Å². The predicted octanol–water partition coefficient (Wildman–Crippen LogP) is 4.05. The zero-order valence-electron chi connectivity index (χ0n) is 11.8. The van der Waals surface area contributed by atoms with E-state index in [4.69, 9.17) is 5.11 Å². The maximum atomic E-state index is 12.0. The fourth-order valence-electron chi connectivity index (χ4n) is 2.77. The summed E-state index contributed by atoms with van der Waals surface area (Å²) >= 11 is 1.13. The van der Waals surface area contributed by atoms with Crippen molar-refractivity contribution in [3.63, 3.8) is 0 Å². The van der Waals surface area contributed by atoms with E-state index in [0.717, 1.165) is 24.2 Å². The van der Waals surface area contributed by atoms with Crippen LogP contribution in [0.25, 0.3) is 0 Å². The second-order valence-electron chi connectivity index (χ2n) is 5.54. The quantitative estimate of drug-likeness (QED) is 0.823. The second-order valence-corrected chi connectivity index (χ2v) is 6.59. The number of carbonyl (C=O) groups excluding carboxylic acids is 1. The Morgan fingerprint density at radius 1 is 1.30 bits per heavy atom. The lowest BCUT2D eigenvalue weighted by molar-refractivity contribution is -0.117. The van der Waals surface area contributed by atoms with Crippen LogP contribution in [-0.2, 0) is 4.79 Å². The predicted molar refractivity (Wildman–Crippen MR) is 80.5 cm³/mol. The van der Waals surface area contributed by atoms with Crippen LogP contribution in [-0.4, -0.2) is 17.0 Å². The van der Waals surface area contributed by atoms with Gasteiger partial charge in [-0.2, -0.15) is 0 Å². The van der Waals surface area contributed by atoms with Gasteiger partial charge in [0.1, 0.15) is 4.88 Å². The Hall–Kier alpha value is -1.36. The molecular formula is C15H21NO3S. The molecule has 0 unspecified atom stereocenters. The van der Waals surface area contributed by atoms with Crippen LogP contribution in [0.15, 0.2) is 6.07 Å². The number of rotatable bonds is 4. The molecule has 4 nitrogen and oxygen atoms in total. The van der Waals surface area contributed by atoms with Crippen molar-refractivity contribution in [1.29, 1.82) is 0 Å². The van der Waals surface area contributed by atoms with Crippen molar-refractivity contribution >= 4 is 28.2 Å². The highest BCUT2D eigenvalue weighted by molar-refractivity contribution is 7.18. The first kappa shape index (κ1) is 15.0. The van der Waals surface area contributed by atoms with Crippen LogP contribution in [0.4, 0.5) is 5.00 Å². The van der Waals surface area contributed by atoms with Gasteiger partial charge in [-0.25, -0.2) is 4.79 Å². The molecular weight excluding hydrogens is 274 g/mol. The van der Waals surface area contributed by atoms with Gasteiger partial charge in [-0.3, -0.25) is 4.79 Å². The van der Waals surface area contributed by atoms with Crippen molar-refractivity contribution in [2.45, 2.75) is 51.9 Å². The van der Waals surface area contributed by atoms with E-state index >= 15 is 0 Å². The van der Waals surface area contributed by atoms with E-state index in [1.165, 1.54) is 25.7 Å². The molecule has 2 N–H and O–H groups in total. The van der Waals surface area contributed by atoms with Crippen LogP contribution in [0.3, 0.4) is 0 Å². The Balaban J connectivity index is 1.90. The Morgan fingerprint density at radius 3 is 2.50 bits per heavy atom. The molecule has 20 heavy (non-hydrogen) atoms. The number of anilines is 1. The summed E-state index contributed by atoms with van der Waals surface area (Å²) in [5, 5.41) is 12.5. The van der Waals surface area contributed by atoms with Crippen LogP contribution < -0.4 is 5.32 Å². The lowest BCUT2D eigenvalue weighted by atomic mass is 9.96. The third-order valence-electron chi connectivity index (χ3n) is 3.82. The first-order chi connectivity index (χ1) is 9.56. The lowest BCUT2D eigenvalue weighted by Crippen LogP contribution is -2.15.